The van der Waals surface area contributed by atoms with Gasteiger partial charge in [-0.05, 0) is 59.9 Å². The third-order valence-electron chi connectivity index (χ3n) is 4.66. The summed E-state index contributed by atoms with van der Waals surface area (Å²) in [4.78, 5) is 24.2. The summed E-state index contributed by atoms with van der Waals surface area (Å²) in [6.45, 7) is 4.45. The Balaban J connectivity index is 1.46. The fourth-order valence-electron chi connectivity index (χ4n) is 2.88. The summed E-state index contributed by atoms with van der Waals surface area (Å²) in [6, 6.07) is 24.3. The smallest absolute Gasteiger partial charge is 0.338 e. The number of benzene rings is 3. The molecule has 3 aromatic rings. The summed E-state index contributed by atoms with van der Waals surface area (Å²) >= 11 is 0. The van der Waals surface area contributed by atoms with Crippen LogP contribution >= 0.6 is 0 Å². The number of amides is 1. The largest absolute Gasteiger partial charge is 0.484 e. The van der Waals surface area contributed by atoms with Crippen molar-refractivity contribution < 1.29 is 19.1 Å². The number of hydrogen-bond donors (Lipinski definition) is 1. The van der Waals surface area contributed by atoms with E-state index in [0.29, 0.717) is 29.5 Å². The zero-order chi connectivity index (χ0) is 22.1. The maximum absolute atomic E-state index is 12.2. The highest BCUT2D eigenvalue weighted by Crippen LogP contribution is 2.22. The number of rotatable bonds is 9. The highest BCUT2D eigenvalue weighted by atomic mass is 16.5. The number of carbonyl (C=O) groups excluding carboxylic acids is 2. The molecule has 3 rings (SSSR count). The summed E-state index contributed by atoms with van der Waals surface area (Å²) in [6.07, 6.45) is 0.828. The van der Waals surface area contributed by atoms with Gasteiger partial charge in [-0.2, -0.15) is 0 Å². The molecule has 0 radical (unpaired) electrons. The first kappa shape index (κ1) is 22.1. The summed E-state index contributed by atoms with van der Waals surface area (Å²) in [7, 11) is 0. The maximum Gasteiger partial charge on any atom is 0.338 e. The molecule has 0 fully saturated rings. The molecule has 0 bridgehead atoms. The molecule has 0 atom stereocenters. The fourth-order valence-corrected chi connectivity index (χ4v) is 2.88. The zero-order valence-electron chi connectivity index (χ0n) is 17.8. The Bertz CT molecular complexity index is 980. The van der Waals surface area contributed by atoms with E-state index in [1.54, 1.807) is 24.3 Å². The number of ether oxygens (including phenoxy) is 2. The normalized spacial score (nSPS) is 10.5. The van der Waals surface area contributed by atoms with Crippen LogP contribution in [0.25, 0.3) is 11.1 Å². The lowest BCUT2D eigenvalue weighted by Crippen LogP contribution is -2.20. The van der Waals surface area contributed by atoms with Gasteiger partial charge < -0.3 is 14.8 Å². The van der Waals surface area contributed by atoms with Gasteiger partial charge in [0, 0.05) is 5.69 Å². The minimum absolute atomic E-state index is 0.107. The molecular formula is C26H27NO4. The number of nitrogens with one attached hydrogen (secondary N) is 1. The van der Waals surface area contributed by atoms with Crippen molar-refractivity contribution in [2.75, 3.05) is 18.5 Å². The van der Waals surface area contributed by atoms with E-state index in [2.05, 4.69) is 19.2 Å². The molecule has 0 unspecified atom stereocenters. The first-order valence-electron chi connectivity index (χ1n) is 10.4. The lowest BCUT2D eigenvalue weighted by Gasteiger charge is -2.09. The zero-order valence-corrected chi connectivity index (χ0v) is 17.8. The molecule has 0 saturated heterocycles. The minimum atomic E-state index is -0.360. The van der Waals surface area contributed by atoms with Gasteiger partial charge in [-0.25, -0.2) is 4.79 Å². The third kappa shape index (κ3) is 7.00. The van der Waals surface area contributed by atoms with Crippen molar-refractivity contribution in [2.45, 2.75) is 20.3 Å². The monoisotopic (exact) mass is 417 g/mol. The Morgan fingerprint density at radius 1 is 0.839 bits per heavy atom. The van der Waals surface area contributed by atoms with E-state index < -0.39 is 0 Å². The van der Waals surface area contributed by atoms with Crippen molar-refractivity contribution >= 4 is 17.6 Å². The van der Waals surface area contributed by atoms with Crippen LogP contribution < -0.4 is 10.1 Å². The molecular weight excluding hydrogens is 390 g/mol. The van der Waals surface area contributed by atoms with E-state index in [-0.39, 0.29) is 18.5 Å². The molecule has 3 aromatic carbocycles. The molecule has 0 saturated carbocycles. The second kappa shape index (κ2) is 11.0. The molecule has 5 heteroatoms. The van der Waals surface area contributed by atoms with E-state index in [1.807, 2.05) is 54.6 Å². The van der Waals surface area contributed by atoms with Crippen LogP contribution in [-0.2, 0) is 9.53 Å². The van der Waals surface area contributed by atoms with E-state index >= 15 is 0 Å². The molecule has 0 heterocycles. The summed E-state index contributed by atoms with van der Waals surface area (Å²) in [5, 5.41) is 2.76. The van der Waals surface area contributed by atoms with E-state index in [0.717, 1.165) is 17.5 Å². The maximum atomic E-state index is 12.2. The number of anilines is 1. The van der Waals surface area contributed by atoms with Crippen LogP contribution in [-0.4, -0.2) is 25.1 Å². The van der Waals surface area contributed by atoms with Crippen LogP contribution in [0, 0.1) is 5.92 Å². The highest BCUT2D eigenvalue weighted by Gasteiger charge is 2.09. The predicted octanol–water partition coefficient (Wildman–Crippen LogP) is 5.57. The van der Waals surface area contributed by atoms with Crippen molar-refractivity contribution in [3.63, 3.8) is 0 Å². The number of hydrogen-bond acceptors (Lipinski definition) is 4. The van der Waals surface area contributed by atoms with Gasteiger partial charge in [0.2, 0.25) is 0 Å². The topological polar surface area (TPSA) is 64.6 Å². The minimum Gasteiger partial charge on any atom is -0.484 e. The second-order valence-corrected chi connectivity index (χ2v) is 7.62. The molecule has 0 aliphatic rings. The van der Waals surface area contributed by atoms with E-state index in [4.69, 9.17) is 9.47 Å². The lowest BCUT2D eigenvalue weighted by molar-refractivity contribution is -0.118. The van der Waals surface area contributed by atoms with Gasteiger partial charge in [0.05, 0.1) is 12.2 Å². The Labute approximate surface area is 183 Å². The molecule has 0 aliphatic carbocycles. The molecule has 1 amide bonds. The van der Waals surface area contributed by atoms with Gasteiger partial charge in [-0.3, -0.25) is 4.79 Å². The predicted molar refractivity (Wildman–Crippen MR) is 122 cm³/mol. The van der Waals surface area contributed by atoms with Gasteiger partial charge in [-0.15, -0.1) is 0 Å². The van der Waals surface area contributed by atoms with Crippen LogP contribution in [0.3, 0.4) is 0 Å². The summed E-state index contributed by atoms with van der Waals surface area (Å²) < 4.78 is 10.8. The summed E-state index contributed by atoms with van der Waals surface area (Å²) in [5.41, 5.74) is 3.25. The van der Waals surface area contributed by atoms with Crippen LogP contribution in [0.5, 0.6) is 5.75 Å². The van der Waals surface area contributed by atoms with Crippen LogP contribution in [0.1, 0.15) is 30.6 Å². The quantitative estimate of drug-likeness (QED) is 0.462. The first-order valence-corrected chi connectivity index (χ1v) is 10.4. The van der Waals surface area contributed by atoms with E-state index in [9.17, 15) is 9.59 Å². The molecule has 31 heavy (non-hydrogen) atoms. The van der Waals surface area contributed by atoms with Crippen LogP contribution in [0.15, 0.2) is 78.9 Å². The Hall–Kier alpha value is -3.60. The lowest BCUT2D eigenvalue weighted by atomic mass is 10.1. The Morgan fingerprint density at radius 3 is 2.13 bits per heavy atom. The Kier molecular flexibility index (Phi) is 7.82. The molecule has 5 nitrogen and oxygen atoms in total. The summed E-state index contributed by atoms with van der Waals surface area (Å²) in [5.74, 6) is 0.462. The molecule has 160 valence electrons. The number of carbonyl (C=O) groups is 2. The molecule has 0 spiro atoms. The highest BCUT2D eigenvalue weighted by molar-refractivity contribution is 5.93. The van der Waals surface area contributed by atoms with Gasteiger partial charge in [0.1, 0.15) is 5.75 Å². The van der Waals surface area contributed by atoms with Gasteiger partial charge in [-0.1, -0.05) is 56.3 Å². The molecule has 0 aliphatic heterocycles. The van der Waals surface area contributed by atoms with Gasteiger partial charge >= 0.3 is 5.97 Å². The van der Waals surface area contributed by atoms with Crippen molar-refractivity contribution in [3.8, 4) is 16.9 Å². The van der Waals surface area contributed by atoms with Crippen molar-refractivity contribution in [3.05, 3.63) is 84.4 Å². The Morgan fingerprint density at radius 2 is 1.48 bits per heavy atom. The molecule has 0 aromatic heterocycles. The standard InChI is InChI=1S/C26H27NO4/c1-19(2)16-17-30-26(29)22-8-12-23(13-9-22)27-25(28)18-31-24-14-10-21(11-15-24)20-6-4-3-5-7-20/h3-15,19H,16-18H2,1-2H3,(H,27,28). The van der Waals surface area contributed by atoms with Gasteiger partial charge in [0.25, 0.3) is 5.91 Å². The van der Waals surface area contributed by atoms with E-state index in [1.165, 1.54) is 0 Å². The third-order valence-corrected chi connectivity index (χ3v) is 4.66. The molecule has 1 N–H and O–H groups in total. The van der Waals surface area contributed by atoms with Crippen molar-refractivity contribution in [1.29, 1.82) is 0 Å². The average Bonchev–Trinajstić information content (AvgIpc) is 2.79. The number of esters is 1. The second-order valence-electron chi connectivity index (χ2n) is 7.62. The first-order chi connectivity index (χ1) is 15.0. The SMILES string of the molecule is CC(C)CCOC(=O)c1ccc(NC(=O)COc2ccc(-c3ccccc3)cc2)cc1. The van der Waals surface area contributed by atoms with Crippen molar-refractivity contribution in [1.82, 2.24) is 0 Å². The average molecular weight is 418 g/mol. The van der Waals surface area contributed by atoms with Crippen LogP contribution in [0.2, 0.25) is 0 Å². The van der Waals surface area contributed by atoms with Crippen molar-refractivity contribution in [2.24, 2.45) is 5.92 Å². The van der Waals surface area contributed by atoms with Crippen LogP contribution in [0.4, 0.5) is 5.69 Å². The van der Waals surface area contributed by atoms with Gasteiger partial charge in [0.15, 0.2) is 6.61 Å². The fraction of sp³-hybridized carbons (Fsp3) is 0.231.